The zero-order valence-corrected chi connectivity index (χ0v) is 22.7. The topological polar surface area (TPSA) is 60.4 Å². The maximum Gasteiger partial charge on any atom is 0.281 e. The van der Waals surface area contributed by atoms with Crippen molar-refractivity contribution in [1.29, 1.82) is 0 Å². The van der Waals surface area contributed by atoms with Crippen LogP contribution in [0.25, 0.3) is 16.8 Å². The van der Waals surface area contributed by atoms with Crippen molar-refractivity contribution in [3.05, 3.63) is 108 Å². The first-order valence-corrected chi connectivity index (χ1v) is 13.7. The molecule has 6 heteroatoms. The Morgan fingerprint density at radius 1 is 0.900 bits per heavy atom. The summed E-state index contributed by atoms with van der Waals surface area (Å²) in [6.07, 6.45) is 4.98. The van der Waals surface area contributed by atoms with E-state index in [4.69, 9.17) is 19.3 Å². The Bertz CT molecular complexity index is 1610. The normalized spacial score (nSPS) is 19.3. The number of methoxy groups -OCH3 is 2. The van der Waals surface area contributed by atoms with Crippen LogP contribution in [-0.2, 0) is 4.79 Å². The number of para-hydroxylation sites is 2. The average molecular weight is 533 g/mol. The van der Waals surface area contributed by atoms with Gasteiger partial charge in [0.15, 0.2) is 6.61 Å². The second-order valence-corrected chi connectivity index (χ2v) is 10.1. The van der Waals surface area contributed by atoms with E-state index in [-0.39, 0.29) is 24.5 Å². The lowest BCUT2D eigenvalue weighted by Gasteiger charge is -2.30. The summed E-state index contributed by atoms with van der Waals surface area (Å²) in [5.74, 6) is 2.08. The van der Waals surface area contributed by atoms with Crippen molar-refractivity contribution in [2.24, 2.45) is 11.0 Å². The highest BCUT2D eigenvalue weighted by Gasteiger charge is 2.44. The van der Waals surface area contributed by atoms with Crippen LogP contribution >= 0.6 is 0 Å². The maximum absolute atomic E-state index is 13.8. The Balaban J connectivity index is 1.34. The molecular weight excluding hydrogens is 500 g/mol. The van der Waals surface area contributed by atoms with Crippen molar-refractivity contribution in [3.63, 3.8) is 0 Å². The van der Waals surface area contributed by atoms with E-state index in [9.17, 15) is 4.79 Å². The SMILES string of the molecule is COc1ccccc1/C=C1\CCC[C@H]2C1=NN(C(=O)COc1ccc3ccccc3c1)[C@@H]2c1ccccc1OC. The van der Waals surface area contributed by atoms with Gasteiger partial charge < -0.3 is 14.2 Å². The number of hydrogen-bond acceptors (Lipinski definition) is 5. The van der Waals surface area contributed by atoms with Crippen molar-refractivity contribution >= 4 is 28.5 Å². The third-order valence-corrected chi connectivity index (χ3v) is 7.77. The second-order valence-electron chi connectivity index (χ2n) is 10.1. The van der Waals surface area contributed by atoms with Gasteiger partial charge in [0.2, 0.25) is 0 Å². The summed E-state index contributed by atoms with van der Waals surface area (Å²) in [6, 6.07) is 29.6. The van der Waals surface area contributed by atoms with Crippen LogP contribution in [0.4, 0.5) is 0 Å². The molecule has 4 aromatic rings. The minimum atomic E-state index is -0.278. The minimum Gasteiger partial charge on any atom is -0.496 e. The van der Waals surface area contributed by atoms with Gasteiger partial charge in [0.25, 0.3) is 5.91 Å². The molecule has 6 rings (SSSR count). The first-order valence-electron chi connectivity index (χ1n) is 13.7. The standard InChI is InChI=1S/C34H32N2O4/c1-38-30-16-7-5-12-25(30)20-26-13-9-15-29-33(26)35-36(34(29)28-14-6-8-17-31(28)39-2)32(37)22-40-27-19-18-23-10-3-4-11-24(23)21-27/h3-8,10-12,14,16-21,29,34H,9,13,15,22H2,1-2H3/b26-20+/t29-,34+/m0/s1. The van der Waals surface area contributed by atoms with Gasteiger partial charge in [0.1, 0.15) is 17.2 Å². The average Bonchev–Trinajstić information content (AvgIpc) is 3.40. The van der Waals surface area contributed by atoms with Crippen molar-refractivity contribution < 1.29 is 19.0 Å². The summed E-state index contributed by atoms with van der Waals surface area (Å²) in [6.45, 7) is -0.112. The van der Waals surface area contributed by atoms with Gasteiger partial charge in [-0.05, 0) is 65.9 Å². The van der Waals surface area contributed by atoms with Gasteiger partial charge in [-0.1, -0.05) is 66.7 Å². The number of nitrogens with zero attached hydrogens (tertiary/aromatic N) is 2. The maximum atomic E-state index is 13.8. The first kappa shape index (κ1) is 25.7. The predicted molar refractivity (Wildman–Crippen MR) is 158 cm³/mol. The molecule has 0 bridgehead atoms. The number of fused-ring (bicyclic) bond motifs is 2. The first-order chi connectivity index (χ1) is 19.7. The van der Waals surface area contributed by atoms with Crippen LogP contribution in [0.3, 0.4) is 0 Å². The van der Waals surface area contributed by atoms with Crippen LogP contribution in [-0.4, -0.2) is 37.5 Å². The number of allylic oxidation sites excluding steroid dienone is 1. The zero-order chi connectivity index (χ0) is 27.5. The number of ether oxygens (including phenoxy) is 3. The zero-order valence-electron chi connectivity index (χ0n) is 22.7. The summed E-state index contributed by atoms with van der Waals surface area (Å²) in [4.78, 5) is 13.8. The monoisotopic (exact) mass is 532 g/mol. The van der Waals surface area contributed by atoms with Gasteiger partial charge in [-0.2, -0.15) is 5.10 Å². The molecule has 2 aliphatic rings. The Morgan fingerprint density at radius 2 is 1.62 bits per heavy atom. The van der Waals surface area contributed by atoms with E-state index in [1.54, 1.807) is 19.2 Å². The minimum absolute atomic E-state index is 0.0515. The van der Waals surface area contributed by atoms with E-state index in [2.05, 4.69) is 12.1 Å². The van der Waals surface area contributed by atoms with Crippen LogP contribution < -0.4 is 14.2 Å². The molecule has 4 aromatic carbocycles. The highest BCUT2D eigenvalue weighted by Crippen LogP contribution is 2.46. The van der Waals surface area contributed by atoms with Crippen LogP contribution in [0.1, 0.15) is 36.4 Å². The molecule has 0 saturated heterocycles. The Hall–Kier alpha value is -4.58. The molecule has 6 nitrogen and oxygen atoms in total. The number of carbonyl (C=O) groups excluding carboxylic acids is 1. The molecule has 1 amide bonds. The second kappa shape index (κ2) is 11.3. The van der Waals surface area contributed by atoms with Crippen molar-refractivity contribution in [1.82, 2.24) is 5.01 Å². The molecule has 1 heterocycles. The fourth-order valence-electron chi connectivity index (χ4n) is 5.87. The summed E-state index contributed by atoms with van der Waals surface area (Å²) in [7, 11) is 3.35. The quantitative estimate of drug-likeness (QED) is 0.256. The molecule has 0 unspecified atom stereocenters. The fourth-order valence-corrected chi connectivity index (χ4v) is 5.87. The van der Waals surface area contributed by atoms with Crippen molar-refractivity contribution in [2.75, 3.05) is 20.8 Å². The fraction of sp³-hybridized carbons (Fsp3) is 0.235. The number of carbonyl (C=O) groups is 1. The van der Waals surface area contributed by atoms with Crippen LogP contribution in [0.15, 0.2) is 102 Å². The smallest absolute Gasteiger partial charge is 0.281 e. The molecule has 0 spiro atoms. The highest BCUT2D eigenvalue weighted by atomic mass is 16.5. The molecule has 0 N–H and O–H groups in total. The number of rotatable bonds is 7. The molecule has 40 heavy (non-hydrogen) atoms. The van der Waals surface area contributed by atoms with E-state index in [0.29, 0.717) is 5.75 Å². The van der Waals surface area contributed by atoms with Gasteiger partial charge >= 0.3 is 0 Å². The van der Waals surface area contributed by atoms with Gasteiger partial charge in [-0.25, -0.2) is 5.01 Å². The van der Waals surface area contributed by atoms with Gasteiger partial charge in [0.05, 0.1) is 26.0 Å². The van der Waals surface area contributed by atoms with E-state index in [1.807, 2.05) is 84.9 Å². The number of hydrazone groups is 1. The van der Waals surface area contributed by atoms with Gasteiger partial charge in [0, 0.05) is 17.0 Å². The van der Waals surface area contributed by atoms with Crippen molar-refractivity contribution in [3.8, 4) is 17.2 Å². The number of benzene rings is 4. The van der Waals surface area contributed by atoms with Gasteiger partial charge in [-0.3, -0.25) is 4.79 Å². The number of hydrogen-bond donors (Lipinski definition) is 0. The van der Waals surface area contributed by atoms with Crippen LogP contribution in [0.2, 0.25) is 0 Å². The van der Waals surface area contributed by atoms with E-state index < -0.39 is 0 Å². The van der Waals surface area contributed by atoms with Crippen molar-refractivity contribution in [2.45, 2.75) is 25.3 Å². The lowest BCUT2D eigenvalue weighted by molar-refractivity contribution is -0.135. The van der Waals surface area contributed by atoms with E-state index >= 15 is 0 Å². The van der Waals surface area contributed by atoms with Gasteiger partial charge in [-0.15, -0.1) is 0 Å². The van der Waals surface area contributed by atoms with E-state index in [0.717, 1.165) is 63.9 Å². The lowest BCUT2D eigenvalue weighted by atomic mass is 9.77. The highest BCUT2D eigenvalue weighted by molar-refractivity contribution is 6.08. The molecular formula is C34H32N2O4. The number of amides is 1. The molecule has 0 radical (unpaired) electrons. The lowest BCUT2D eigenvalue weighted by Crippen LogP contribution is -2.34. The Labute approximate surface area is 234 Å². The van der Waals surface area contributed by atoms with Crippen LogP contribution in [0, 0.1) is 5.92 Å². The third-order valence-electron chi connectivity index (χ3n) is 7.77. The Kier molecular flexibility index (Phi) is 7.23. The van der Waals surface area contributed by atoms with Crippen LogP contribution in [0.5, 0.6) is 17.2 Å². The molecule has 1 fully saturated rings. The summed E-state index contributed by atoms with van der Waals surface area (Å²) >= 11 is 0. The third kappa shape index (κ3) is 4.93. The molecule has 0 aromatic heterocycles. The Morgan fingerprint density at radius 3 is 2.45 bits per heavy atom. The summed E-state index contributed by atoms with van der Waals surface area (Å²) < 4.78 is 17.3. The molecule has 1 aliphatic heterocycles. The summed E-state index contributed by atoms with van der Waals surface area (Å²) in [5.41, 5.74) is 4.03. The molecule has 1 aliphatic carbocycles. The molecule has 2 atom stereocenters. The predicted octanol–water partition coefficient (Wildman–Crippen LogP) is 7.06. The largest absolute Gasteiger partial charge is 0.496 e. The molecule has 202 valence electrons. The molecule has 1 saturated carbocycles. The summed E-state index contributed by atoms with van der Waals surface area (Å²) in [5, 5.41) is 8.81. The van der Waals surface area contributed by atoms with E-state index in [1.165, 1.54) is 0 Å².